The predicted molar refractivity (Wildman–Crippen MR) is 31.9 cm³/mol. The van der Waals surface area contributed by atoms with Crippen LogP contribution in [0.25, 0.3) is 0 Å². The Balaban J connectivity index is -0.00000000800. The molecule has 0 atom stereocenters. The molecule has 70 valence electrons. The second-order valence-corrected chi connectivity index (χ2v) is 0.500. The summed E-state index contributed by atoms with van der Waals surface area (Å²) >= 11 is 0. The number of rotatable bonds is 0. The van der Waals surface area contributed by atoms with Gasteiger partial charge in [-0.1, -0.05) is 0 Å². The molecule has 0 unspecified atom stereocenters. The summed E-state index contributed by atoms with van der Waals surface area (Å²) in [6, 6.07) is 0. The van der Waals surface area contributed by atoms with Crippen molar-refractivity contribution >= 4 is 94.2 Å². The molecule has 0 rings (SSSR count). The van der Waals surface area contributed by atoms with E-state index >= 15 is 0 Å². The Morgan fingerprint density at radius 2 is 0.615 bits per heavy atom. The summed E-state index contributed by atoms with van der Waals surface area (Å²) < 4.78 is 0. The molecule has 0 aromatic heterocycles. The van der Waals surface area contributed by atoms with Crippen LogP contribution < -0.4 is 20.4 Å². The third-order valence-corrected chi connectivity index (χ3v) is 0. The molecule has 0 bridgehead atoms. The normalized spacial score (nSPS) is 3.69. The minimum Gasteiger partial charge on any atom is -0.870 e. The Bertz CT molecular complexity index is 75.4. The van der Waals surface area contributed by atoms with Gasteiger partial charge in [-0.05, 0) is 12.3 Å². The van der Waals surface area contributed by atoms with E-state index in [-0.39, 0.29) is 92.8 Å². The van der Waals surface area contributed by atoms with Crippen molar-refractivity contribution < 1.29 is 41.0 Å². The maximum Gasteiger partial charge on any atom is 2.00 e. The molecule has 0 aromatic carbocycles. The summed E-state index contributed by atoms with van der Waals surface area (Å²) in [7, 11) is 0. The number of carbonyl (C=O) groups is 2. The Kier molecular flexibility index (Phi) is 139. The molecule has 0 amide bonds. The first kappa shape index (κ1) is 47.7. The van der Waals surface area contributed by atoms with E-state index in [1.54, 1.807) is 0 Å². The van der Waals surface area contributed by atoms with Gasteiger partial charge >= 0.3 is 81.9 Å². The van der Waals surface area contributed by atoms with Gasteiger partial charge in [0.05, 0.1) is 0 Å². The molecular formula is C2H2O8Pb3. The Morgan fingerprint density at radius 1 is 0.615 bits per heavy atom. The van der Waals surface area contributed by atoms with Gasteiger partial charge in [-0.25, -0.2) is 0 Å². The Hall–Kier alpha value is 1.23. The van der Waals surface area contributed by atoms with Crippen molar-refractivity contribution in [3.05, 3.63) is 0 Å². The van der Waals surface area contributed by atoms with Gasteiger partial charge in [0.2, 0.25) is 0 Å². The Labute approximate surface area is 133 Å². The molecule has 6 radical (unpaired) electrons. The number of hydrogen-bond acceptors (Lipinski definition) is 8. The monoisotopic (exact) mass is 778 g/mol. The zero-order valence-electron chi connectivity index (χ0n) is 5.84. The first-order valence-electron chi connectivity index (χ1n) is 1.22. The molecule has 0 aromatic rings. The maximum absolute atomic E-state index is 8.33. The van der Waals surface area contributed by atoms with Crippen LogP contribution in [0.15, 0.2) is 0 Å². The van der Waals surface area contributed by atoms with Gasteiger partial charge in [0, 0.05) is 0 Å². The molecule has 0 saturated carbocycles. The molecule has 0 spiro atoms. The largest absolute Gasteiger partial charge is 2.00 e. The van der Waals surface area contributed by atoms with E-state index in [4.69, 9.17) is 30.0 Å². The molecule has 0 aliphatic heterocycles. The molecular weight excluding hydrogens is 774 g/mol. The van der Waals surface area contributed by atoms with E-state index in [1.807, 2.05) is 0 Å². The minimum atomic E-state index is -2.33. The third kappa shape index (κ3) is 1110. The topological polar surface area (TPSA) is 186 Å². The van der Waals surface area contributed by atoms with Crippen molar-refractivity contribution in [2.24, 2.45) is 0 Å². The number of hydrogen-bond donors (Lipinski definition) is 0. The summed E-state index contributed by atoms with van der Waals surface area (Å²) in [6.07, 6.45) is -4.67. The minimum absolute atomic E-state index is 0. The molecule has 11 heteroatoms. The summed E-state index contributed by atoms with van der Waals surface area (Å²) in [5.41, 5.74) is 0. The summed E-state index contributed by atoms with van der Waals surface area (Å²) in [5, 5.41) is 33.3. The second-order valence-electron chi connectivity index (χ2n) is 0.500. The third-order valence-electron chi connectivity index (χ3n) is 0. The van der Waals surface area contributed by atoms with Crippen LogP contribution >= 0.6 is 0 Å². The van der Waals surface area contributed by atoms with Crippen LogP contribution in [0, 0.1) is 0 Å². The second kappa shape index (κ2) is 37.9. The number of carbonyl (C=O) groups excluding carboxylic acids is 2. The quantitative estimate of drug-likeness (QED) is 0.218. The molecule has 0 aliphatic rings. The van der Waals surface area contributed by atoms with Gasteiger partial charge in [0.1, 0.15) is 0 Å². The fraction of sp³-hybridized carbons (Fsp3) is 0. The van der Waals surface area contributed by atoms with Crippen LogP contribution in [-0.4, -0.2) is 105 Å². The summed E-state index contributed by atoms with van der Waals surface area (Å²) in [5.74, 6) is 0. The first-order chi connectivity index (χ1) is 3.46. The van der Waals surface area contributed by atoms with Crippen LogP contribution in [0.4, 0.5) is 9.59 Å². The van der Waals surface area contributed by atoms with Gasteiger partial charge in [-0.2, -0.15) is 0 Å². The van der Waals surface area contributed by atoms with E-state index in [9.17, 15) is 0 Å². The van der Waals surface area contributed by atoms with Gasteiger partial charge < -0.3 is 41.0 Å². The SMILES string of the molecule is O=C([O-])[O-].O=C([O-])[O-].[OH-].[OH-].[Pb+2].[Pb+2].[Pb+2]. The zero-order valence-corrected chi connectivity index (χ0v) is 17.5. The van der Waals surface area contributed by atoms with Crippen molar-refractivity contribution in [1.29, 1.82) is 0 Å². The fourth-order valence-electron chi connectivity index (χ4n) is 0. The Morgan fingerprint density at radius 3 is 0.615 bits per heavy atom. The summed E-state index contributed by atoms with van der Waals surface area (Å²) in [4.78, 5) is 16.7. The van der Waals surface area contributed by atoms with Gasteiger partial charge in [0.15, 0.2) is 0 Å². The average Bonchev–Trinajstić information content (AvgIpc) is 1.25. The van der Waals surface area contributed by atoms with Crippen molar-refractivity contribution in [2.45, 2.75) is 0 Å². The molecule has 0 heterocycles. The zero-order chi connectivity index (χ0) is 7.15. The van der Waals surface area contributed by atoms with Crippen LogP contribution in [0.2, 0.25) is 0 Å². The van der Waals surface area contributed by atoms with Crippen LogP contribution in [0.1, 0.15) is 0 Å². The van der Waals surface area contributed by atoms with E-state index in [1.165, 1.54) is 0 Å². The van der Waals surface area contributed by atoms with E-state index in [0.717, 1.165) is 0 Å². The molecule has 2 N–H and O–H groups in total. The van der Waals surface area contributed by atoms with Gasteiger partial charge in [0.25, 0.3) is 0 Å². The predicted octanol–water partition coefficient (Wildman–Crippen LogP) is -6.39. The van der Waals surface area contributed by atoms with E-state index in [2.05, 4.69) is 0 Å². The van der Waals surface area contributed by atoms with Crippen LogP contribution in [-0.2, 0) is 0 Å². The number of carboxylic acid groups (broad SMARTS) is 4. The van der Waals surface area contributed by atoms with Crippen molar-refractivity contribution in [3.8, 4) is 0 Å². The van der Waals surface area contributed by atoms with Crippen molar-refractivity contribution in [3.63, 3.8) is 0 Å². The van der Waals surface area contributed by atoms with Crippen molar-refractivity contribution in [1.82, 2.24) is 0 Å². The van der Waals surface area contributed by atoms with Crippen molar-refractivity contribution in [2.75, 3.05) is 0 Å². The molecule has 13 heavy (non-hydrogen) atoms. The average molecular weight is 776 g/mol. The fourth-order valence-corrected chi connectivity index (χ4v) is 0. The molecule has 0 fully saturated rings. The van der Waals surface area contributed by atoms with E-state index < -0.39 is 12.3 Å². The standard InChI is InChI=1S/2CH2O3.2H2O.3Pb/c2*2-1(3)4;;;;;/h2*(H2,2,3,4);2*1H2;;;/q;;;;3*+2/p-6. The van der Waals surface area contributed by atoms with Crippen LogP contribution in [0.5, 0.6) is 0 Å². The summed E-state index contributed by atoms with van der Waals surface area (Å²) in [6.45, 7) is 0. The smallest absolute Gasteiger partial charge is 0.870 e. The molecule has 8 nitrogen and oxygen atoms in total. The van der Waals surface area contributed by atoms with Gasteiger partial charge in [-0.3, -0.25) is 0 Å². The first-order valence-corrected chi connectivity index (χ1v) is 1.22. The molecule has 0 saturated heterocycles. The molecule has 0 aliphatic carbocycles. The van der Waals surface area contributed by atoms with Crippen LogP contribution in [0.3, 0.4) is 0 Å². The van der Waals surface area contributed by atoms with E-state index in [0.29, 0.717) is 0 Å². The van der Waals surface area contributed by atoms with Gasteiger partial charge in [-0.15, -0.1) is 0 Å². The maximum atomic E-state index is 8.33.